The lowest BCUT2D eigenvalue weighted by Gasteiger charge is -2.10. The fourth-order valence-electron chi connectivity index (χ4n) is 3.45. The van der Waals surface area contributed by atoms with Crippen molar-refractivity contribution in [2.24, 2.45) is 0 Å². The van der Waals surface area contributed by atoms with Crippen LogP contribution in [0, 0.1) is 27.7 Å². The summed E-state index contributed by atoms with van der Waals surface area (Å²) in [5.74, 6) is -0.535. The summed E-state index contributed by atoms with van der Waals surface area (Å²) < 4.78 is 10.8. The highest BCUT2D eigenvalue weighted by molar-refractivity contribution is 5.90. The standard InChI is InChI=1S/C21H23NO5/c1-10-6-7-16-15(8-17(24)27-20(16)11(10)2)9-26-21(25)19-12(3)18(14(5)23)13(4)22-19/h6-8,14,22-23H,9H2,1-5H3/t14-/m0/s1. The van der Waals surface area contributed by atoms with Crippen LogP contribution in [-0.4, -0.2) is 16.1 Å². The minimum atomic E-state index is -0.684. The number of aliphatic hydroxyl groups excluding tert-OH is 1. The second-order valence-corrected chi connectivity index (χ2v) is 6.89. The second-order valence-electron chi connectivity index (χ2n) is 6.89. The van der Waals surface area contributed by atoms with Crippen molar-refractivity contribution in [3.05, 3.63) is 67.8 Å². The van der Waals surface area contributed by atoms with Crippen molar-refractivity contribution in [1.82, 2.24) is 4.98 Å². The van der Waals surface area contributed by atoms with E-state index in [4.69, 9.17) is 9.15 Å². The molecule has 1 aromatic carbocycles. The SMILES string of the molecule is Cc1ccc2c(COC(=O)c3[nH]c(C)c([C@H](C)O)c3C)cc(=O)oc2c1C. The summed E-state index contributed by atoms with van der Waals surface area (Å²) in [5.41, 5.74) is 4.92. The number of hydrogen-bond acceptors (Lipinski definition) is 5. The average Bonchev–Trinajstić information content (AvgIpc) is 2.90. The highest BCUT2D eigenvalue weighted by Crippen LogP contribution is 2.26. The highest BCUT2D eigenvalue weighted by Gasteiger charge is 2.21. The monoisotopic (exact) mass is 369 g/mol. The number of H-pyrrole nitrogens is 1. The molecule has 2 N–H and O–H groups in total. The number of esters is 1. The van der Waals surface area contributed by atoms with Gasteiger partial charge in [0.1, 0.15) is 17.9 Å². The lowest BCUT2D eigenvalue weighted by atomic mass is 10.0. The molecular weight excluding hydrogens is 346 g/mol. The molecule has 0 spiro atoms. The van der Waals surface area contributed by atoms with Gasteiger partial charge in [-0.05, 0) is 51.3 Å². The molecule has 0 aliphatic carbocycles. The topological polar surface area (TPSA) is 92.5 Å². The first-order chi connectivity index (χ1) is 12.7. The van der Waals surface area contributed by atoms with E-state index in [2.05, 4.69) is 4.98 Å². The van der Waals surface area contributed by atoms with Crippen LogP contribution in [0.15, 0.2) is 27.4 Å². The molecule has 0 unspecified atom stereocenters. The third-order valence-electron chi connectivity index (χ3n) is 4.99. The number of ether oxygens (including phenoxy) is 1. The fraction of sp³-hybridized carbons (Fsp3) is 0.333. The van der Waals surface area contributed by atoms with E-state index >= 15 is 0 Å². The zero-order valence-electron chi connectivity index (χ0n) is 16.1. The number of carbonyl (C=O) groups is 1. The van der Waals surface area contributed by atoms with Gasteiger partial charge in [-0.15, -0.1) is 0 Å². The molecule has 142 valence electrons. The Morgan fingerprint density at radius 3 is 2.56 bits per heavy atom. The largest absolute Gasteiger partial charge is 0.456 e. The van der Waals surface area contributed by atoms with E-state index in [-0.39, 0.29) is 6.61 Å². The van der Waals surface area contributed by atoms with Crippen molar-refractivity contribution in [1.29, 1.82) is 0 Å². The van der Waals surface area contributed by atoms with E-state index in [9.17, 15) is 14.7 Å². The summed E-state index contributed by atoms with van der Waals surface area (Å²) in [6.45, 7) is 8.99. The number of aryl methyl sites for hydroxylation is 3. The smallest absolute Gasteiger partial charge is 0.355 e. The van der Waals surface area contributed by atoms with E-state index in [1.165, 1.54) is 6.07 Å². The summed E-state index contributed by atoms with van der Waals surface area (Å²) in [6, 6.07) is 5.15. The highest BCUT2D eigenvalue weighted by atomic mass is 16.5. The van der Waals surface area contributed by atoms with E-state index in [1.54, 1.807) is 20.8 Å². The van der Waals surface area contributed by atoms with E-state index in [1.807, 2.05) is 26.0 Å². The lowest BCUT2D eigenvalue weighted by molar-refractivity contribution is 0.0466. The van der Waals surface area contributed by atoms with Gasteiger partial charge in [0.05, 0.1) is 6.10 Å². The molecule has 6 heteroatoms. The zero-order valence-corrected chi connectivity index (χ0v) is 16.1. The number of aromatic amines is 1. The van der Waals surface area contributed by atoms with E-state index < -0.39 is 17.7 Å². The third-order valence-corrected chi connectivity index (χ3v) is 4.99. The van der Waals surface area contributed by atoms with Gasteiger partial charge >= 0.3 is 11.6 Å². The summed E-state index contributed by atoms with van der Waals surface area (Å²) >= 11 is 0. The molecule has 27 heavy (non-hydrogen) atoms. The number of benzene rings is 1. The van der Waals surface area contributed by atoms with Crippen LogP contribution >= 0.6 is 0 Å². The van der Waals surface area contributed by atoms with Gasteiger partial charge in [-0.2, -0.15) is 0 Å². The van der Waals surface area contributed by atoms with Gasteiger partial charge in [0, 0.05) is 28.3 Å². The molecule has 0 bridgehead atoms. The van der Waals surface area contributed by atoms with Gasteiger partial charge < -0.3 is 19.2 Å². The quantitative estimate of drug-likeness (QED) is 0.539. The van der Waals surface area contributed by atoms with Crippen LogP contribution in [0.1, 0.15) is 57.0 Å². The number of hydrogen-bond donors (Lipinski definition) is 2. The van der Waals surface area contributed by atoms with Crippen LogP contribution in [0.2, 0.25) is 0 Å². The summed E-state index contributed by atoms with van der Waals surface area (Å²) in [5, 5.41) is 10.6. The molecule has 0 radical (unpaired) electrons. The molecule has 0 saturated carbocycles. The normalized spacial score (nSPS) is 12.4. The van der Waals surface area contributed by atoms with Crippen LogP contribution in [0.25, 0.3) is 11.0 Å². The van der Waals surface area contributed by atoms with E-state index in [0.717, 1.165) is 22.2 Å². The molecule has 0 amide bonds. The van der Waals surface area contributed by atoms with Gasteiger partial charge in [-0.25, -0.2) is 9.59 Å². The number of rotatable bonds is 4. The summed E-state index contributed by atoms with van der Waals surface area (Å²) in [6.07, 6.45) is -0.684. The molecule has 2 aromatic heterocycles. The van der Waals surface area contributed by atoms with Crippen molar-refractivity contribution < 1.29 is 19.1 Å². The molecule has 0 saturated heterocycles. The van der Waals surface area contributed by atoms with Crippen molar-refractivity contribution in [2.45, 2.75) is 47.3 Å². The Bertz CT molecular complexity index is 1090. The molecule has 0 aliphatic heterocycles. The van der Waals surface area contributed by atoms with Crippen LogP contribution in [-0.2, 0) is 11.3 Å². The van der Waals surface area contributed by atoms with Crippen molar-refractivity contribution >= 4 is 16.9 Å². The summed E-state index contributed by atoms with van der Waals surface area (Å²) in [4.78, 5) is 27.4. The first kappa shape index (κ1) is 18.9. The minimum Gasteiger partial charge on any atom is -0.456 e. The molecule has 3 aromatic rings. The molecule has 2 heterocycles. The maximum Gasteiger partial charge on any atom is 0.355 e. The Kier molecular flexibility index (Phi) is 4.93. The number of fused-ring (bicyclic) bond motifs is 1. The van der Waals surface area contributed by atoms with Gasteiger partial charge in [-0.1, -0.05) is 12.1 Å². The van der Waals surface area contributed by atoms with Gasteiger partial charge in [0.15, 0.2) is 0 Å². The van der Waals surface area contributed by atoms with Crippen molar-refractivity contribution in [2.75, 3.05) is 0 Å². The Morgan fingerprint density at radius 1 is 1.22 bits per heavy atom. The maximum absolute atomic E-state index is 12.5. The van der Waals surface area contributed by atoms with E-state index in [0.29, 0.717) is 28.0 Å². The Balaban J connectivity index is 1.92. The van der Waals surface area contributed by atoms with Crippen LogP contribution in [0.4, 0.5) is 0 Å². The maximum atomic E-state index is 12.5. The average molecular weight is 369 g/mol. The molecule has 3 rings (SSSR count). The summed E-state index contributed by atoms with van der Waals surface area (Å²) in [7, 11) is 0. The minimum absolute atomic E-state index is 0.0506. The zero-order chi connectivity index (χ0) is 19.9. The Morgan fingerprint density at radius 2 is 1.93 bits per heavy atom. The molecule has 0 aliphatic rings. The predicted octanol–water partition coefficient (Wildman–Crippen LogP) is 3.77. The van der Waals surface area contributed by atoms with Crippen LogP contribution < -0.4 is 5.63 Å². The first-order valence-corrected chi connectivity index (χ1v) is 8.78. The van der Waals surface area contributed by atoms with Crippen molar-refractivity contribution in [3.63, 3.8) is 0 Å². The number of nitrogens with one attached hydrogen (secondary N) is 1. The molecule has 0 fully saturated rings. The Labute approximate surface area is 156 Å². The van der Waals surface area contributed by atoms with Gasteiger partial charge in [0.25, 0.3) is 0 Å². The second kappa shape index (κ2) is 7.04. The lowest BCUT2D eigenvalue weighted by Crippen LogP contribution is -2.10. The van der Waals surface area contributed by atoms with Crippen LogP contribution in [0.3, 0.4) is 0 Å². The van der Waals surface area contributed by atoms with Gasteiger partial charge in [-0.3, -0.25) is 0 Å². The van der Waals surface area contributed by atoms with Crippen molar-refractivity contribution in [3.8, 4) is 0 Å². The predicted molar refractivity (Wildman–Crippen MR) is 102 cm³/mol. The van der Waals surface area contributed by atoms with Gasteiger partial charge in [0.2, 0.25) is 0 Å². The number of aliphatic hydroxyl groups is 1. The molecule has 1 atom stereocenters. The first-order valence-electron chi connectivity index (χ1n) is 8.78. The number of carbonyl (C=O) groups excluding carboxylic acids is 1. The molecule has 6 nitrogen and oxygen atoms in total. The van der Waals surface area contributed by atoms with Crippen LogP contribution in [0.5, 0.6) is 0 Å². The Hall–Kier alpha value is -2.86. The fourth-order valence-corrected chi connectivity index (χ4v) is 3.45. The number of aromatic nitrogens is 1. The molecular formula is C21H23NO5. The third kappa shape index (κ3) is 3.40.